The van der Waals surface area contributed by atoms with E-state index in [1.165, 1.54) is 12.8 Å². The standard InChI is InChI=1S/C6H7.C5H5.C2H6Si.Zr/c1-6-4-2-3-5-6;1-2-4-5-3-1;1-3-2;/h2,4H,3H2,1H3;1-3H,4H2;1-2H3;. The van der Waals surface area contributed by atoms with Crippen LogP contribution in [0.5, 0.6) is 0 Å². The summed E-state index contributed by atoms with van der Waals surface area (Å²) in [5.41, 5.74) is 1.52. The Morgan fingerprint density at radius 3 is 2.47 bits per heavy atom. The molecule has 0 aromatic carbocycles. The molecular weight excluding hydrogens is 275 g/mol. The van der Waals surface area contributed by atoms with E-state index < -0.39 is 20.4 Å². The summed E-state index contributed by atoms with van der Waals surface area (Å²) in [5, 5.41) is 0. The van der Waals surface area contributed by atoms with Crippen LogP contribution in [-0.4, -0.2) is 5.43 Å². The Balaban J connectivity index is 2.39. The van der Waals surface area contributed by atoms with Gasteiger partial charge >= 0.3 is 101 Å². The zero-order valence-corrected chi connectivity index (χ0v) is 13.3. The molecule has 0 nitrogen and oxygen atoms in total. The zero-order valence-electron chi connectivity index (χ0n) is 9.80. The molecule has 0 spiro atoms. The maximum absolute atomic E-state index is 2.52. The van der Waals surface area contributed by atoms with E-state index in [2.05, 4.69) is 50.4 Å². The molecule has 0 aromatic rings. The Morgan fingerprint density at radius 2 is 2.00 bits per heavy atom. The Bertz CT molecular complexity index is 429. The van der Waals surface area contributed by atoms with E-state index in [1.807, 2.05) is 6.56 Å². The van der Waals surface area contributed by atoms with Gasteiger partial charge in [-0.25, -0.2) is 0 Å². The van der Waals surface area contributed by atoms with Crippen LogP contribution in [0.4, 0.5) is 0 Å². The fourth-order valence-corrected chi connectivity index (χ4v) is 20.0. The monoisotopic (exact) mass is 292 g/mol. The van der Waals surface area contributed by atoms with Crippen LogP contribution in [0.2, 0.25) is 13.1 Å². The molecule has 0 bridgehead atoms. The zero-order chi connectivity index (χ0) is 10.8. The average Bonchev–Trinajstić information content (AvgIpc) is 2.79. The van der Waals surface area contributed by atoms with Crippen molar-refractivity contribution in [2.24, 2.45) is 0 Å². The first-order valence-corrected chi connectivity index (χ1v) is 14.2. The van der Waals surface area contributed by atoms with Gasteiger partial charge in [0, 0.05) is 0 Å². The fourth-order valence-electron chi connectivity index (χ4n) is 2.36. The molecule has 0 saturated carbocycles. The summed E-state index contributed by atoms with van der Waals surface area (Å²) in [5.74, 6) is 0. The Kier molecular flexibility index (Phi) is 3.79. The Morgan fingerprint density at radius 1 is 1.20 bits per heavy atom. The van der Waals surface area contributed by atoms with Gasteiger partial charge in [-0.3, -0.25) is 0 Å². The van der Waals surface area contributed by atoms with Crippen LogP contribution in [0.15, 0.2) is 42.5 Å². The molecule has 0 unspecified atom stereocenters. The molecule has 0 amide bonds. The molecule has 0 radical (unpaired) electrons. The maximum atomic E-state index is 2.52. The molecule has 0 fully saturated rings. The molecule has 0 N–H and O–H groups in total. The molecule has 2 heteroatoms. The van der Waals surface area contributed by atoms with E-state index in [0.29, 0.717) is 0 Å². The van der Waals surface area contributed by atoms with Crippen LogP contribution >= 0.6 is 0 Å². The van der Waals surface area contributed by atoms with Crippen molar-refractivity contribution >= 4 is 5.43 Å². The van der Waals surface area contributed by atoms with Crippen LogP contribution in [0.3, 0.4) is 0 Å². The Labute approximate surface area is 101 Å². The van der Waals surface area contributed by atoms with E-state index in [9.17, 15) is 0 Å². The van der Waals surface area contributed by atoms with E-state index in [1.54, 1.807) is 5.57 Å². The average molecular weight is 294 g/mol. The molecule has 2 aliphatic rings. The number of allylic oxidation sites excluding steroid dienone is 8. The first-order chi connectivity index (χ1) is 7.20. The van der Waals surface area contributed by atoms with Crippen LogP contribution in [-0.2, 0) is 20.4 Å². The molecule has 2 rings (SSSR count). The number of hydrogen-bond acceptors (Lipinski definition) is 0. The second kappa shape index (κ2) is 4.93. The molecule has 0 heterocycles. The molecule has 0 atom stereocenters. The molecular formula is C13H18SiZr. The van der Waals surface area contributed by atoms with Crippen molar-refractivity contribution in [1.29, 1.82) is 0 Å². The quantitative estimate of drug-likeness (QED) is 0.677. The third-order valence-electron chi connectivity index (χ3n) is 3.06. The van der Waals surface area contributed by atoms with Crippen LogP contribution in [0, 0.1) is 0 Å². The second-order valence-electron chi connectivity index (χ2n) is 4.47. The van der Waals surface area contributed by atoms with Crippen LogP contribution in [0.25, 0.3) is 0 Å². The van der Waals surface area contributed by atoms with E-state index in [4.69, 9.17) is 0 Å². The third kappa shape index (κ3) is 2.42. The van der Waals surface area contributed by atoms with Crippen molar-refractivity contribution < 1.29 is 20.4 Å². The van der Waals surface area contributed by atoms with Crippen molar-refractivity contribution in [2.45, 2.75) is 32.9 Å². The van der Waals surface area contributed by atoms with E-state index in [0.717, 1.165) is 0 Å². The van der Waals surface area contributed by atoms with Crippen molar-refractivity contribution in [2.75, 3.05) is 0 Å². The summed E-state index contributed by atoms with van der Waals surface area (Å²) in [4.78, 5) is 0. The van der Waals surface area contributed by atoms with Crippen molar-refractivity contribution in [3.63, 3.8) is 0 Å². The van der Waals surface area contributed by atoms with Crippen LogP contribution < -0.4 is 0 Å². The summed E-state index contributed by atoms with van der Waals surface area (Å²) >= 11 is -1.38. The van der Waals surface area contributed by atoms with Gasteiger partial charge in [0.25, 0.3) is 0 Å². The van der Waals surface area contributed by atoms with Gasteiger partial charge in [0.05, 0.1) is 0 Å². The van der Waals surface area contributed by atoms with Gasteiger partial charge in [0.2, 0.25) is 0 Å². The topological polar surface area (TPSA) is 0 Å². The van der Waals surface area contributed by atoms with Crippen molar-refractivity contribution in [1.82, 2.24) is 0 Å². The second-order valence-corrected chi connectivity index (χ2v) is 21.7. The van der Waals surface area contributed by atoms with Crippen LogP contribution in [0.1, 0.15) is 19.8 Å². The first kappa shape index (κ1) is 11.5. The predicted molar refractivity (Wildman–Crippen MR) is 65.8 cm³/mol. The summed E-state index contributed by atoms with van der Waals surface area (Å²) in [6.07, 6.45) is 14.3. The molecule has 0 aromatic heterocycles. The molecule has 15 heavy (non-hydrogen) atoms. The van der Waals surface area contributed by atoms with E-state index >= 15 is 0 Å². The summed E-state index contributed by atoms with van der Waals surface area (Å²) in [7, 11) is 0. The Hall–Kier alpha value is 0.0600. The van der Waals surface area contributed by atoms with Gasteiger partial charge in [-0.05, 0) is 0 Å². The summed E-state index contributed by atoms with van der Waals surface area (Å²) in [6, 6.07) is 0. The molecule has 0 aliphatic heterocycles. The summed E-state index contributed by atoms with van der Waals surface area (Å²) < 4.78 is 3.72. The minimum atomic E-state index is -1.38. The van der Waals surface area contributed by atoms with Crippen molar-refractivity contribution in [3.05, 3.63) is 42.5 Å². The first-order valence-electron chi connectivity index (χ1n) is 5.60. The third-order valence-corrected chi connectivity index (χ3v) is 20.6. The normalized spacial score (nSPS) is 18.7. The predicted octanol–water partition coefficient (Wildman–Crippen LogP) is 3.93. The van der Waals surface area contributed by atoms with Crippen molar-refractivity contribution in [3.8, 4) is 0 Å². The van der Waals surface area contributed by atoms with Gasteiger partial charge in [-0.15, -0.1) is 0 Å². The molecule has 78 valence electrons. The molecule has 2 aliphatic carbocycles. The van der Waals surface area contributed by atoms with Gasteiger partial charge in [0.1, 0.15) is 0 Å². The van der Waals surface area contributed by atoms with Gasteiger partial charge in [-0.1, -0.05) is 0 Å². The SMILES string of the molecule is CC1=[C]([Zr]([C]2=CC=CC2)=[Si](C)C)CC=C1. The van der Waals surface area contributed by atoms with E-state index in [-0.39, 0.29) is 5.43 Å². The molecule has 0 saturated heterocycles. The summed E-state index contributed by atoms with van der Waals surface area (Å²) in [6.45, 7) is 7.36. The number of rotatable bonds is 2. The van der Waals surface area contributed by atoms with Gasteiger partial charge < -0.3 is 0 Å². The fraction of sp³-hybridized carbons (Fsp3) is 0.385. The minimum absolute atomic E-state index is 0.0809. The van der Waals surface area contributed by atoms with Gasteiger partial charge in [0.15, 0.2) is 0 Å². The number of hydrogen-bond donors (Lipinski definition) is 0. The van der Waals surface area contributed by atoms with Gasteiger partial charge in [-0.2, -0.15) is 0 Å².